The average Bonchev–Trinajstić information content (AvgIpc) is 2.68. The van der Waals surface area contributed by atoms with Gasteiger partial charge in [0.2, 0.25) is 0 Å². The summed E-state index contributed by atoms with van der Waals surface area (Å²) in [4.78, 5) is 4.10. The highest BCUT2D eigenvalue weighted by atomic mass is 35.5. The van der Waals surface area contributed by atoms with Crippen molar-refractivity contribution in [2.24, 2.45) is 0 Å². The van der Waals surface area contributed by atoms with Crippen LogP contribution in [0.5, 0.6) is 0 Å². The highest BCUT2D eigenvalue weighted by Gasteiger charge is 2.18. The lowest BCUT2D eigenvalue weighted by Gasteiger charge is -2.05. The molecule has 0 saturated heterocycles. The summed E-state index contributed by atoms with van der Waals surface area (Å²) < 4.78 is 28.5. The van der Waals surface area contributed by atoms with Crippen LogP contribution >= 0.6 is 11.6 Å². The second-order valence-electron chi connectivity index (χ2n) is 4.64. The predicted molar refractivity (Wildman–Crippen MR) is 77.0 cm³/mol. The summed E-state index contributed by atoms with van der Waals surface area (Å²) >= 11 is 5.81. The summed E-state index contributed by atoms with van der Waals surface area (Å²) in [5.74, 6) is 0.719. The molecule has 0 aromatic carbocycles. The van der Waals surface area contributed by atoms with E-state index in [1.165, 1.54) is 0 Å². The summed E-state index contributed by atoms with van der Waals surface area (Å²) in [6.07, 6.45) is 4.04. The topological polar surface area (TPSA) is 64.0 Å². The summed E-state index contributed by atoms with van der Waals surface area (Å²) in [5, 5.41) is 0.160. The van der Waals surface area contributed by atoms with Crippen LogP contribution in [0, 0.1) is 6.92 Å². The van der Waals surface area contributed by atoms with Gasteiger partial charge in [0.05, 0.1) is 0 Å². The molecule has 0 aliphatic rings. The zero-order valence-electron chi connectivity index (χ0n) is 11.7. The van der Waals surface area contributed by atoms with E-state index in [-0.39, 0.29) is 10.4 Å². The number of nitrogens with one attached hydrogen (secondary N) is 1. The number of nitrogens with zero attached hydrogens (tertiary/aromatic N) is 2. The van der Waals surface area contributed by atoms with Gasteiger partial charge in [-0.2, -0.15) is 0 Å². The van der Waals surface area contributed by atoms with Crippen molar-refractivity contribution in [1.82, 2.24) is 14.3 Å². The Labute approximate surface area is 120 Å². The highest BCUT2D eigenvalue weighted by molar-refractivity contribution is 7.89. The third-order valence-corrected chi connectivity index (χ3v) is 4.31. The number of alkyl halides is 1. The maximum absolute atomic E-state index is 12.0. The van der Waals surface area contributed by atoms with E-state index in [1.54, 1.807) is 6.20 Å². The second kappa shape index (κ2) is 7.26. The third-order valence-electron chi connectivity index (χ3n) is 2.76. The van der Waals surface area contributed by atoms with E-state index in [1.807, 2.05) is 25.3 Å². The van der Waals surface area contributed by atoms with Gasteiger partial charge in [-0.15, -0.1) is 11.6 Å². The zero-order valence-corrected chi connectivity index (χ0v) is 13.3. The Morgan fingerprint density at radius 2 is 2.21 bits per heavy atom. The first-order valence-electron chi connectivity index (χ1n) is 6.54. The smallest absolute Gasteiger partial charge is 0.259 e. The third kappa shape index (κ3) is 5.12. The Kier molecular flexibility index (Phi) is 6.29. The standard InChI is InChI=1S/C12H22ClN3O2S/c1-4-8-16-9-12(15-11(16)3)19(17,18)14-7-5-6-10(2)13/h9-10,14H,4-8H2,1-3H3. The van der Waals surface area contributed by atoms with Crippen LogP contribution in [0.3, 0.4) is 0 Å². The highest BCUT2D eigenvalue weighted by Crippen LogP contribution is 2.10. The molecule has 19 heavy (non-hydrogen) atoms. The van der Waals surface area contributed by atoms with Crippen LogP contribution in [-0.2, 0) is 16.6 Å². The molecule has 0 aliphatic carbocycles. The van der Waals surface area contributed by atoms with Crippen LogP contribution in [0.15, 0.2) is 11.2 Å². The van der Waals surface area contributed by atoms with Crippen molar-refractivity contribution in [3.05, 3.63) is 12.0 Å². The maximum Gasteiger partial charge on any atom is 0.259 e. The zero-order chi connectivity index (χ0) is 14.5. The number of rotatable bonds is 8. The van der Waals surface area contributed by atoms with Crippen molar-refractivity contribution >= 4 is 21.6 Å². The van der Waals surface area contributed by atoms with Crippen LogP contribution in [0.1, 0.15) is 38.9 Å². The second-order valence-corrected chi connectivity index (χ2v) is 7.10. The van der Waals surface area contributed by atoms with Gasteiger partial charge in [0, 0.05) is 24.7 Å². The Hall–Kier alpha value is -0.590. The minimum atomic E-state index is -3.50. The fourth-order valence-corrected chi connectivity index (χ4v) is 2.97. The van der Waals surface area contributed by atoms with Crippen LogP contribution in [0.2, 0.25) is 0 Å². The Morgan fingerprint density at radius 3 is 2.79 bits per heavy atom. The molecule has 0 radical (unpaired) electrons. The van der Waals surface area contributed by atoms with Gasteiger partial charge < -0.3 is 4.57 Å². The molecule has 110 valence electrons. The molecule has 0 spiro atoms. The first kappa shape index (κ1) is 16.5. The fraction of sp³-hybridized carbons (Fsp3) is 0.750. The molecule has 5 nitrogen and oxygen atoms in total. The number of aromatic nitrogens is 2. The van der Waals surface area contributed by atoms with E-state index in [0.29, 0.717) is 6.54 Å². The van der Waals surface area contributed by atoms with Crippen LogP contribution in [0.25, 0.3) is 0 Å². The Bertz CT molecular complexity index is 497. The molecule has 1 aromatic heterocycles. The molecule has 0 fully saturated rings. The largest absolute Gasteiger partial charge is 0.334 e. The molecule has 1 heterocycles. The lowest BCUT2D eigenvalue weighted by molar-refractivity contribution is 0.572. The van der Waals surface area contributed by atoms with Gasteiger partial charge in [-0.1, -0.05) is 6.92 Å². The van der Waals surface area contributed by atoms with Gasteiger partial charge in [0.15, 0.2) is 5.03 Å². The minimum absolute atomic E-state index is 0.0653. The molecule has 1 atom stereocenters. The minimum Gasteiger partial charge on any atom is -0.334 e. The fourth-order valence-electron chi connectivity index (χ4n) is 1.74. The molecule has 1 aromatic rings. The molecule has 1 unspecified atom stereocenters. The molecule has 7 heteroatoms. The predicted octanol–water partition coefficient (Wildman–Crippen LogP) is 2.29. The van der Waals surface area contributed by atoms with Crippen LogP contribution in [-0.4, -0.2) is 29.9 Å². The van der Waals surface area contributed by atoms with E-state index in [2.05, 4.69) is 9.71 Å². The van der Waals surface area contributed by atoms with Crippen LogP contribution < -0.4 is 4.72 Å². The van der Waals surface area contributed by atoms with Crippen molar-refractivity contribution in [1.29, 1.82) is 0 Å². The quantitative estimate of drug-likeness (QED) is 0.592. The molecule has 1 rings (SSSR count). The normalized spacial score (nSPS) is 13.7. The van der Waals surface area contributed by atoms with E-state index in [9.17, 15) is 8.42 Å². The van der Waals surface area contributed by atoms with Crippen molar-refractivity contribution in [2.75, 3.05) is 6.54 Å². The van der Waals surface area contributed by atoms with Crippen molar-refractivity contribution in [3.8, 4) is 0 Å². The lowest BCUT2D eigenvalue weighted by Crippen LogP contribution is -2.25. The first-order valence-corrected chi connectivity index (χ1v) is 8.46. The average molecular weight is 308 g/mol. The van der Waals surface area contributed by atoms with E-state index in [4.69, 9.17) is 11.6 Å². The summed E-state index contributed by atoms with van der Waals surface area (Å²) in [7, 11) is -3.50. The van der Waals surface area contributed by atoms with Crippen molar-refractivity contribution in [3.63, 3.8) is 0 Å². The van der Waals surface area contributed by atoms with Gasteiger partial charge in [-0.3, -0.25) is 0 Å². The van der Waals surface area contributed by atoms with E-state index in [0.717, 1.165) is 31.6 Å². The lowest BCUT2D eigenvalue weighted by atomic mass is 10.2. The van der Waals surface area contributed by atoms with Gasteiger partial charge in [-0.05, 0) is 33.1 Å². The molecule has 0 bridgehead atoms. The van der Waals surface area contributed by atoms with Crippen molar-refractivity contribution < 1.29 is 8.42 Å². The maximum atomic E-state index is 12.0. The van der Waals surface area contributed by atoms with Crippen LogP contribution in [0.4, 0.5) is 0 Å². The summed E-state index contributed by atoms with van der Waals surface area (Å²) in [6, 6.07) is 0. The SMILES string of the molecule is CCCn1cc(S(=O)(=O)NCCCC(C)Cl)nc1C. The monoisotopic (exact) mass is 307 g/mol. The summed E-state index contributed by atoms with van der Waals surface area (Å²) in [6.45, 7) is 6.91. The number of aryl methyl sites for hydroxylation is 2. The number of sulfonamides is 1. The Balaban J connectivity index is 2.64. The number of hydrogen-bond acceptors (Lipinski definition) is 3. The molecule has 0 saturated carbocycles. The van der Waals surface area contributed by atoms with Gasteiger partial charge in [0.1, 0.15) is 5.82 Å². The summed E-state index contributed by atoms with van der Waals surface area (Å²) in [5.41, 5.74) is 0. The molecule has 1 N–H and O–H groups in total. The van der Waals surface area contributed by atoms with Gasteiger partial charge in [-0.25, -0.2) is 18.1 Å². The molecular formula is C12H22ClN3O2S. The Morgan fingerprint density at radius 1 is 1.53 bits per heavy atom. The van der Waals surface area contributed by atoms with Crippen molar-refractivity contribution in [2.45, 2.75) is 57.0 Å². The van der Waals surface area contributed by atoms with E-state index < -0.39 is 10.0 Å². The molecule has 0 aliphatic heterocycles. The van der Waals surface area contributed by atoms with Gasteiger partial charge in [0.25, 0.3) is 10.0 Å². The first-order chi connectivity index (χ1) is 8.86. The van der Waals surface area contributed by atoms with E-state index >= 15 is 0 Å². The molecule has 0 amide bonds. The number of hydrogen-bond donors (Lipinski definition) is 1. The number of halogens is 1. The number of imidazole rings is 1. The molecular weight excluding hydrogens is 286 g/mol. The van der Waals surface area contributed by atoms with Gasteiger partial charge >= 0.3 is 0 Å².